The number of hydrogen-bond donors (Lipinski definition) is 2. The van der Waals surface area contributed by atoms with Gasteiger partial charge in [0.25, 0.3) is 0 Å². The first-order chi connectivity index (χ1) is 12.5. The lowest BCUT2D eigenvalue weighted by Gasteiger charge is -2.31. The van der Waals surface area contributed by atoms with Crippen LogP contribution in [-0.2, 0) is 6.54 Å². The Kier molecular flexibility index (Phi) is 5.99. The van der Waals surface area contributed by atoms with Gasteiger partial charge in [0.05, 0.1) is 0 Å². The topological polar surface area (TPSA) is 57.3 Å². The van der Waals surface area contributed by atoms with Crippen LogP contribution in [0.25, 0.3) is 0 Å². The number of amides is 2. The molecule has 0 unspecified atom stereocenters. The van der Waals surface area contributed by atoms with Crippen molar-refractivity contribution in [3.63, 3.8) is 0 Å². The van der Waals surface area contributed by atoms with Gasteiger partial charge in [-0.05, 0) is 55.0 Å². The van der Waals surface area contributed by atoms with Crippen LogP contribution >= 0.6 is 11.6 Å². The van der Waals surface area contributed by atoms with Gasteiger partial charge in [0, 0.05) is 36.5 Å². The van der Waals surface area contributed by atoms with E-state index < -0.39 is 0 Å². The summed E-state index contributed by atoms with van der Waals surface area (Å²) in [4.78, 5) is 18.9. The number of hydrogen-bond acceptors (Lipinski definition) is 3. The Hall–Kier alpha value is -2.27. The quantitative estimate of drug-likeness (QED) is 0.824. The molecule has 5 nitrogen and oxygen atoms in total. The van der Waals surface area contributed by atoms with E-state index in [1.807, 2.05) is 37.4 Å². The van der Waals surface area contributed by atoms with Crippen LogP contribution in [0.5, 0.6) is 0 Å². The monoisotopic (exact) mass is 372 g/mol. The Balaban J connectivity index is 1.49. The molecule has 3 rings (SSSR count). The highest BCUT2D eigenvalue weighted by Gasteiger charge is 2.16. The molecule has 26 heavy (non-hydrogen) atoms. The number of carbonyl (C=O) groups excluding carboxylic acids is 1. The molecule has 0 saturated carbocycles. The van der Waals surface area contributed by atoms with E-state index >= 15 is 0 Å². The molecule has 2 heterocycles. The number of piperidine rings is 1. The molecule has 138 valence electrons. The Bertz CT molecular complexity index is 755. The summed E-state index contributed by atoms with van der Waals surface area (Å²) in [6.07, 6.45) is 4.26. The van der Waals surface area contributed by atoms with Crippen molar-refractivity contribution in [3.8, 4) is 0 Å². The van der Waals surface area contributed by atoms with Gasteiger partial charge in [-0.2, -0.15) is 0 Å². The molecule has 1 saturated heterocycles. The minimum Gasteiger partial charge on any atom is -0.357 e. The number of urea groups is 1. The maximum atomic E-state index is 12.0. The number of rotatable bonds is 4. The summed E-state index contributed by atoms with van der Waals surface area (Å²) in [5.41, 5.74) is 2.62. The predicted molar refractivity (Wildman–Crippen MR) is 107 cm³/mol. The predicted octanol–water partition coefficient (Wildman–Crippen LogP) is 4.60. The maximum absolute atomic E-state index is 12.0. The van der Waals surface area contributed by atoms with Crippen LogP contribution in [0.3, 0.4) is 0 Å². The van der Waals surface area contributed by atoms with Gasteiger partial charge >= 0.3 is 6.03 Å². The van der Waals surface area contributed by atoms with Gasteiger partial charge in [-0.25, -0.2) is 9.78 Å². The molecule has 1 aromatic heterocycles. The highest BCUT2D eigenvalue weighted by molar-refractivity contribution is 6.31. The third kappa shape index (κ3) is 4.88. The molecule has 0 aliphatic carbocycles. The molecule has 1 aliphatic heterocycles. The van der Waals surface area contributed by atoms with Crippen molar-refractivity contribution in [2.45, 2.75) is 33.2 Å². The molecular weight excluding hydrogens is 348 g/mol. The molecule has 0 spiro atoms. The van der Waals surface area contributed by atoms with Crippen LogP contribution in [-0.4, -0.2) is 24.1 Å². The normalized spacial score (nSPS) is 15.0. The number of aryl methyl sites for hydroxylation is 1. The molecule has 0 bridgehead atoms. The van der Waals surface area contributed by atoms with Gasteiger partial charge in [-0.15, -0.1) is 0 Å². The van der Waals surface area contributed by atoms with Crippen molar-refractivity contribution in [1.82, 2.24) is 10.3 Å². The summed E-state index contributed by atoms with van der Waals surface area (Å²) in [5, 5.41) is 6.26. The summed E-state index contributed by atoms with van der Waals surface area (Å²) in [6.45, 7) is 6.78. The van der Waals surface area contributed by atoms with Gasteiger partial charge in [-0.3, -0.25) is 0 Å². The van der Waals surface area contributed by atoms with E-state index in [4.69, 9.17) is 11.6 Å². The van der Waals surface area contributed by atoms with Crippen LogP contribution in [0, 0.1) is 12.8 Å². The minimum atomic E-state index is -0.265. The average Bonchev–Trinajstić information content (AvgIpc) is 2.64. The lowest BCUT2D eigenvalue weighted by Crippen LogP contribution is -2.33. The van der Waals surface area contributed by atoms with Gasteiger partial charge in [-0.1, -0.05) is 30.7 Å². The molecule has 6 heteroatoms. The van der Waals surface area contributed by atoms with Gasteiger partial charge in [0.2, 0.25) is 0 Å². The number of nitrogens with zero attached hydrogens (tertiary/aromatic N) is 2. The zero-order chi connectivity index (χ0) is 18.5. The fraction of sp³-hybridized carbons (Fsp3) is 0.400. The maximum Gasteiger partial charge on any atom is 0.319 e. The molecular formula is C20H25ClN4O. The summed E-state index contributed by atoms with van der Waals surface area (Å²) in [7, 11) is 0. The summed E-state index contributed by atoms with van der Waals surface area (Å²) in [6, 6.07) is 9.23. The first-order valence-electron chi connectivity index (χ1n) is 9.02. The van der Waals surface area contributed by atoms with Crippen LogP contribution in [0.2, 0.25) is 5.02 Å². The van der Waals surface area contributed by atoms with Crippen molar-refractivity contribution in [2.75, 3.05) is 23.3 Å². The number of carbonyl (C=O) groups is 1. The fourth-order valence-corrected chi connectivity index (χ4v) is 3.15. The van der Waals surface area contributed by atoms with Gasteiger partial charge in [0.1, 0.15) is 5.82 Å². The largest absolute Gasteiger partial charge is 0.357 e. The Morgan fingerprint density at radius 3 is 2.69 bits per heavy atom. The molecule has 1 aliphatic rings. The van der Waals surface area contributed by atoms with E-state index in [0.717, 1.165) is 36.0 Å². The van der Waals surface area contributed by atoms with Crippen LogP contribution < -0.4 is 15.5 Å². The van der Waals surface area contributed by atoms with Crippen molar-refractivity contribution in [2.24, 2.45) is 5.92 Å². The van der Waals surface area contributed by atoms with Crippen molar-refractivity contribution in [3.05, 3.63) is 52.7 Å². The molecule has 1 fully saturated rings. The fourth-order valence-electron chi connectivity index (χ4n) is 2.97. The third-order valence-electron chi connectivity index (χ3n) is 4.80. The Morgan fingerprint density at radius 2 is 2.04 bits per heavy atom. The van der Waals surface area contributed by atoms with Gasteiger partial charge in [0.15, 0.2) is 0 Å². The summed E-state index contributed by atoms with van der Waals surface area (Å²) >= 11 is 6.07. The summed E-state index contributed by atoms with van der Waals surface area (Å²) in [5.74, 6) is 1.82. The van der Waals surface area contributed by atoms with Crippen LogP contribution in [0.4, 0.5) is 16.3 Å². The number of nitrogens with one attached hydrogen (secondary N) is 2. The second-order valence-electron chi connectivity index (χ2n) is 6.97. The van der Waals surface area contributed by atoms with Crippen molar-refractivity contribution in [1.29, 1.82) is 0 Å². The number of halogens is 1. The third-order valence-corrected chi connectivity index (χ3v) is 5.21. The van der Waals surface area contributed by atoms with E-state index in [1.54, 1.807) is 6.07 Å². The number of anilines is 2. The zero-order valence-corrected chi connectivity index (χ0v) is 16.0. The molecule has 2 amide bonds. The number of benzene rings is 1. The van der Waals surface area contributed by atoms with Crippen LogP contribution in [0.1, 0.15) is 30.9 Å². The molecule has 1 aromatic carbocycles. The molecule has 2 N–H and O–H groups in total. The highest BCUT2D eigenvalue weighted by Crippen LogP contribution is 2.21. The Morgan fingerprint density at radius 1 is 1.27 bits per heavy atom. The second kappa shape index (κ2) is 8.41. The SMILES string of the molecule is Cc1ccc(NC(=O)NCc2ccc(N3CCC(C)CC3)nc2)cc1Cl. The number of aromatic nitrogens is 1. The number of pyridine rings is 1. The van der Waals surface area contributed by atoms with E-state index in [-0.39, 0.29) is 6.03 Å². The highest BCUT2D eigenvalue weighted by atomic mass is 35.5. The van der Waals surface area contributed by atoms with E-state index in [0.29, 0.717) is 17.3 Å². The molecule has 0 atom stereocenters. The van der Waals surface area contributed by atoms with E-state index in [9.17, 15) is 4.79 Å². The van der Waals surface area contributed by atoms with Crippen LogP contribution in [0.15, 0.2) is 36.5 Å². The molecule has 0 radical (unpaired) electrons. The smallest absolute Gasteiger partial charge is 0.319 e. The summed E-state index contributed by atoms with van der Waals surface area (Å²) < 4.78 is 0. The first kappa shape index (κ1) is 18.5. The van der Waals surface area contributed by atoms with Crippen molar-refractivity contribution >= 4 is 29.1 Å². The van der Waals surface area contributed by atoms with E-state index in [1.165, 1.54) is 12.8 Å². The zero-order valence-electron chi connectivity index (χ0n) is 15.3. The molecule has 2 aromatic rings. The Labute approximate surface area is 159 Å². The lowest BCUT2D eigenvalue weighted by atomic mass is 9.99. The van der Waals surface area contributed by atoms with Gasteiger partial charge < -0.3 is 15.5 Å². The second-order valence-corrected chi connectivity index (χ2v) is 7.37. The standard InChI is InChI=1S/C20H25ClN4O/c1-14-7-9-25(10-8-14)19-6-4-16(12-22-19)13-23-20(26)24-17-5-3-15(2)18(21)11-17/h3-6,11-12,14H,7-10,13H2,1-2H3,(H2,23,24,26). The first-order valence-corrected chi connectivity index (χ1v) is 9.40. The lowest BCUT2D eigenvalue weighted by molar-refractivity contribution is 0.251. The minimum absolute atomic E-state index is 0.265. The van der Waals surface area contributed by atoms with Crippen molar-refractivity contribution < 1.29 is 4.79 Å². The van der Waals surface area contributed by atoms with E-state index in [2.05, 4.69) is 27.4 Å². The average molecular weight is 373 g/mol.